The largest absolute Gasteiger partial charge is 0.342 e. The standard InChI is InChI=1S/C12H15N3O2S/c1-7-11(16)14-10(8-2-3-8)12(17)15(7)4-9-5-18-6-13-9/h5-8,10H,2-4H2,1H3,(H,14,16). The van der Waals surface area contributed by atoms with Crippen LogP contribution >= 0.6 is 11.3 Å². The summed E-state index contributed by atoms with van der Waals surface area (Å²) in [6, 6.07) is -0.721. The fourth-order valence-corrected chi connectivity index (χ4v) is 2.85. The molecule has 1 aromatic rings. The summed E-state index contributed by atoms with van der Waals surface area (Å²) in [6.45, 7) is 2.20. The Kier molecular flexibility index (Phi) is 2.81. The van der Waals surface area contributed by atoms with Crippen molar-refractivity contribution in [3.05, 3.63) is 16.6 Å². The minimum Gasteiger partial charge on any atom is -0.342 e. The van der Waals surface area contributed by atoms with E-state index in [0.29, 0.717) is 12.5 Å². The predicted molar refractivity (Wildman–Crippen MR) is 66.8 cm³/mol. The van der Waals surface area contributed by atoms with Crippen molar-refractivity contribution in [1.29, 1.82) is 0 Å². The van der Waals surface area contributed by atoms with E-state index in [0.717, 1.165) is 18.5 Å². The van der Waals surface area contributed by atoms with Crippen LogP contribution in [0.3, 0.4) is 0 Å². The van der Waals surface area contributed by atoms with Crippen LogP contribution in [0.25, 0.3) is 0 Å². The van der Waals surface area contributed by atoms with Crippen LogP contribution in [0.1, 0.15) is 25.5 Å². The molecule has 3 rings (SSSR count). The molecule has 1 saturated carbocycles. The second-order valence-corrected chi connectivity index (χ2v) is 5.66. The molecule has 1 aliphatic carbocycles. The summed E-state index contributed by atoms with van der Waals surface area (Å²) >= 11 is 1.50. The van der Waals surface area contributed by atoms with Crippen LogP contribution in [0.5, 0.6) is 0 Å². The molecule has 0 bridgehead atoms. The summed E-state index contributed by atoms with van der Waals surface area (Å²) < 4.78 is 0. The molecule has 1 saturated heterocycles. The normalized spacial score (nSPS) is 28.4. The number of piperazine rings is 1. The van der Waals surface area contributed by atoms with Crippen LogP contribution in [-0.4, -0.2) is 33.8 Å². The van der Waals surface area contributed by atoms with Gasteiger partial charge in [0.2, 0.25) is 11.8 Å². The minimum atomic E-state index is -0.408. The van der Waals surface area contributed by atoms with Gasteiger partial charge in [-0.25, -0.2) is 4.98 Å². The molecular weight excluding hydrogens is 250 g/mol. The molecule has 18 heavy (non-hydrogen) atoms. The summed E-state index contributed by atoms with van der Waals surface area (Å²) in [7, 11) is 0. The lowest BCUT2D eigenvalue weighted by Crippen LogP contribution is -2.62. The van der Waals surface area contributed by atoms with Gasteiger partial charge in [-0.15, -0.1) is 11.3 Å². The topological polar surface area (TPSA) is 62.3 Å². The van der Waals surface area contributed by atoms with E-state index in [-0.39, 0.29) is 17.9 Å². The molecule has 2 heterocycles. The predicted octanol–water partition coefficient (Wildman–Crippen LogP) is 0.769. The fraction of sp³-hybridized carbons (Fsp3) is 0.583. The van der Waals surface area contributed by atoms with Crippen molar-refractivity contribution in [3.63, 3.8) is 0 Å². The molecule has 2 atom stereocenters. The first kappa shape index (κ1) is 11.6. The van der Waals surface area contributed by atoms with Gasteiger partial charge >= 0.3 is 0 Å². The third-order valence-corrected chi connectivity index (χ3v) is 4.24. The van der Waals surface area contributed by atoms with Crippen molar-refractivity contribution in [2.24, 2.45) is 5.92 Å². The van der Waals surface area contributed by atoms with E-state index in [4.69, 9.17) is 0 Å². The maximum atomic E-state index is 12.4. The number of thiazole rings is 1. The number of carbonyl (C=O) groups excluding carboxylic acids is 2. The molecule has 6 heteroatoms. The van der Waals surface area contributed by atoms with Crippen molar-refractivity contribution >= 4 is 23.2 Å². The summed E-state index contributed by atoms with van der Waals surface area (Å²) in [4.78, 5) is 30.1. The van der Waals surface area contributed by atoms with Gasteiger partial charge < -0.3 is 10.2 Å². The van der Waals surface area contributed by atoms with E-state index in [9.17, 15) is 9.59 Å². The monoisotopic (exact) mass is 265 g/mol. The van der Waals surface area contributed by atoms with Crippen LogP contribution < -0.4 is 5.32 Å². The molecule has 2 unspecified atom stereocenters. The van der Waals surface area contributed by atoms with Gasteiger partial charge in [-0.3, -0.25) is 9.59 Å². The highest BCUT2D eigenvalue weighted by Crippen LogP contribution is 2.35. The van der Waals surface area contributed by atoms with Crippen LogP contribution in [0.15, 0.2) is 10.9 Å². The number of hydrogen-bond acceptors (Lipinski definition) is 4. The maximum Gasteiger partial charge on any atom is 0.246 e. The minimum absolute atomic E-state index is 0.0394. The number of nitrogens with one attached hydrogen (secondary N) is 1. The third kappa shape index (κ3) is 2.01. The van der Waals surface area contributed by atoms with Gasteiger partial charge in [0.15, 0.2) is 0 Å². The molecule has 1 aliphatic heterocycles. The van der Waals surface area contributed by atoms with Crippen molar-refractivity contribution in [3.8, 4) is 0 Å². The van der Waals surface area contributed by atoms with E-state index in [1.54, 1.807) is 17.3 Å². The van der Waals surface area contributed by atoms with Gasteiger partial charge in [0.1, 0.15) is 12.1 Å². The zero-order chi connectivity index (χ0) is 12.7. The Bertz CT molecular complexity index is 470. The smallest absolute Gasteiger partial charge is 0.246 e. The van der Waals surface area contributed by atoms with Crippen LogP contribution in [0.4, 0.5) is 0 Å². The molecule has 0 aromatic carbocycles. The quantitative estimate of drug-likeness (QED) is 0.878. The van der Waals surface area contributed by atoms with E-state index >= 15 is 0 Å². The summed E-state index contributed by atoms with van der Waals surface area (Å²) in [5, 5.41) is 4.75. The number of nitrogens with zero attached hydrogens (tertiary/aromatic N) is 2. The van der Waals surface area contributed by atoms with E-state index in [1.165, 1.54) is 11.3 Å². The van der Waals surface area contributed by atoms with Crippen LogP contribution in [0.2, 0.25) is 0 Å². The molecule has 1 N–H and O–H groups in total. The summed E-state index contributed by atoms with van der Waals surface area (Å²) in [5.74, 6) is 0.325. The second kappa shape index (κ2) is 4.35. The number of aromatic nitrogens is 1. The molecule has 2 amide bonds. The summed E-state index contributed by atoms with van der Waals surface area (Å²) in [5.41, 5.74) is 2.59. The maximum absolute atomic E-state index is 12.4. The van der Waals surface area contributed by atoms with Crippen molar-refractivity contribution in [2.75, 3.05) is 0 Å². The molecule has 0 radical (unpaired) electrons. The first-order valence-electron chi connectivity index (χ1n) is 6.14. The van der Waals surface area contributed by atoms with Gasteiger partial charge in [0.25, 0.3) is 0 Å². The van der Waals surface area contributed by atoms with Crippen molar-refractivity contribution in [2.45, 2.75) is 38.4 Å². The Hall–Kier alpha value is -1.43. The Morgan fingerprint density at radius 1 is 1.50 bits per heavy atom. The lowest BCUT2D eigenvalue weighted by atomic mass is 10.0. The Balaban J connectivity index is 1.80. The van der Waals surface area contributed by atoms with Gasteiger partial charge in [-0.1, -0.05) is 0 Å². The van der Waals surface area contributed by atoms with Crippen LogP contribution in [0, 0.1) is 5.92 Å². The first-order valence-corrected chi connectivity index (χ1v) is 7.09. The summed E-state index contributed by atoms with van der Waals surface area (Å²) in [6.07, 6.45) is 2.07. The average molecular weight is 265 g/mol. The van der Waals surface area contributed by atoms with E-state index in [2.05, 4.69) is 10.3 Å². The zero-order valence-electron chi connectivity index (χ0n) is 10.1. The van der Waals surface area contributed by atoms with Gasteiger partial charge in [0.05, 0.1) is 17.7 Å². The first-order chi connectivity index (χ1) is 8.66. The van der Waals surface area contributed by atoms with E-state index in [1.807, 2.05) is 5.38 Å². The molecule has 5 nitrogen and oxygen atoms in total. The number of carbonyl (C=O) groups is 2. The highest BCUT2D eigenvalue weighted by molar-refractivity contribution is 7.07. The van der Waals surface area contributed by atoms with Crippen LogP contribution in [-0.2, 0) is 16.1 Å². The SMILES string of the molecule is CC1C(=O)NC(C2CC2)C(=O)N1Cc1cscn1. The highest BCUT2D eigenvalue weighted by Gasteiger charge is 2.45. The molecule has 1 aromatic heterocycles. The second-order valence-electron chi connectivity index (χ2n) is 4.95. The Morgan fingerprint density at radius 3 is 2.89 bits per heavy atom. The van der Waals surface area contributed by atoms with Crippen molar-refractivity contribution < 1.29 is 9.59 Å². The number of hydrogen-bond donors (Lipinski definition) is 1. The Morgan fingerprint density at radius 2 is 2.28 bits per heavy atom. The fourth-order valence-electron chi connectivity index (χ4n) is 2.30. The van der Waals surface area contributed by atoms with Crippen molar-refractivity contribution in [1.82, 2.24) is 15.2 Å². The molecule has 96 valence electrons. The lowest BCUT2D eigenvalue weighted by molar-refractivity contribution is -0.150. The number of rotatable bonds is 3. The molecular formula is C12H15N3O2S. The molecule has 2 fully saturated rings. The molecule has 2 aliphatic rings. The third-order valence-electron chi connectivity index (χ3n) is 3.60. The van der Waals surface area contributed by atoms with E-state index < -0.39 is 6.04 Å². The zero-order valence-corrected chi connectivity index (χ0v) is 10.9. The Labute approximate surface area is 109 Å². The van der Waals surface area contributed by atoms with Gasteiger partial charge in [0, 0.05) is 5.38 Å². The van der Waals surface area contributed by atoms with Gasteiger partial charge in [-0.2, -0.15) is 0 Å². The molecule has 0 spiro atoms. The number of amides is 2. The lowest BCUT2D eigenvalue weighted by Gasteiger charge is -2.37. The highest BCUT2D eigenvalue weighted by atomic mass is 32.1. The van der Waals surface area contributed by atoms with Gasteiger partial charge in [-0.05, 0) is 25.7 Å². The average Bonchev–Trinajstić information content (AvgIpc) is 3.07.